The van der Waals surface area contributed by atoms with Crippen LogP contribution < -0.4 is 10.6 Å². The monoisotopic (exact) mass is 412 g/mol. The fourth-order valence-corrected chi connectivity index (χ4v) is 3.61. The Morgan fingerprint density at radius 2 is 1.77 bits per heavy atom. The first-order chi connectivity index (χ1) is 14.3. The number of hydrogen-bond acceptors (Lipinski definition) is 8. The number of nitrogens with zero attached hydrogens (tertiary/aromatic N) is 2. The Balaban J connectivity index is 1.56. The van der Waals surface area contributed by atoms with Crippen molar-refractivity contribution in [3.8, 4) is 0 Å². The molecule has 3 aliphatic heterocycles. The molecule has 0 radical (unpaired) electrons. The molecule has 0 aromatic heterocycles. The predicted molar refractivity (Wildman–Crippen MR) is 98.6 cm³/mol. The van der Waals surface area contributed by atoms with E-state index >= 15 is 0 Å². The highest BCUT2D eigenvalue weighted by molar-refractivity contribution is 6.24. The average molecular weight is 412 g/mol. The number of rotatable bonds is 5. The molecule has 4 rings (SSSR count). The summed E-state index contributed by atoms with van der Waals surface area (Å²) in [5.74, 6) is -3.69. The van der Waals surface area contributed by atoms with Gasteiger partial charge in [0, 0.05) is 18.2 Å². The van der Waals surface area contributed by atoms with E-state index in [0.29, 0.717) is 5.69 Å². The number of nitrogens with one attached hydrogen (secondary N) is 2. The fourth-order valence-electron chi connectivity index (χ4n) is 3.61. The summed E-state index contributed by atoms with van der Waals surface area (Å²) >= 11 is 0. The minimum absolute atomic E-state index is 0.0191. The van der Waals surface area contributed by atoms with E-state index in [1.54, 1.807) is 0 Å². The van der Waals surface area contributed by atoms with Gasteiger partial charge in [0.1, 0.15) is 11.7 Å². The number of β-amino-alcohol motifs (C(OH)–C–C–N with tert-alkyl or cyclic N) is 1. The first-order valence-corrected chi connectivity index (χ1v) is 9.13. The number of imide groups is 3. The van der Waals surface area contributed by atoms with Crippen LogP contribution in [0.3, 0.4) is 0 Å². The van der Waals surface area contributed by atoms with Gasteiger partial charge in [0.05, 0.1) is 24.3 Å². The number of amides is 6. The highest BCUT2D eigenvalue weighted by Crippen LogP contribution is 2.30. The SMILES string of the molecule is O=C1CCC(N2C(=O)c3ccc(NC4=CC(=O)N(CCO)C4=O)cc3C2=O)C(=O)N1. The lowest BCUT2D eigenvalue weighted by atomic mass is 10.0. The molecule has 0 saturated carbocycles. The van der Waals surface area contributed by atoms with Crippen LogP contribution in [0.4, 0.5) is 5.69 Å². The molecule has 3 aliphatic rings. The van der Waals surface area contributed by atoms with Gasteiger partial charge >= 0.3 is 0 Å². The second-order valence-electron chi connectivity index (χ2n) is 6.91. The van der Waals surface area contributed by atoms with Crippen LogP contribution in [0.1, 0.15) is 33.6 Å². The molecular formula is C19H16N4O7. The highest BCUT2D eigenvalue weighted by Gasteiger charge is 2.44. The largest absolute Gasteiger partial charge is 0.395 e. The third-order valence-electron chi connectivity index (χ3n) is 5.05. The standard InChI is InChI=1S/C19H16N4O7/c24-6-5-22-15(26)8-12(19(22)30)20-9-1-2-10-11(7-9)18(29)23(17(10)28)13-3-4-14(25)21-16(13)27/h1-2,7-8,13,20,24H,3-6H2,(H,21,25,27). The second-order valence-corrected chi connectivity index (χ2v) is 6.91. The summed E-state index contributed by atoms with van der Waals surface area (Å²) in [6.45, 7) is -0.512. The Kier molecular flexibility index (Phi) is 4.66. The Hall–Kier alpha value is -3.86. The van der Waals surface area contributed by atoms with Crippen LogP contribution in [0, 0.1) is 0 Å². The first-order valence-electron chi connectivity index (χ1n) is 9.13. The Morgan fingerprint density at radius 3 is 2.47 bits per heavy atom. The molecule has 0 aliphatic carbocycles. The average Bonchev–Trinajstić information content (AvgIpc) is 3.10. The molecule has 1 unspecified atom stereocenters. The van der Waals surface area contributed by atoms with Gasteiger partial charge in [0.25, 0.3) is 23.6 Å². The normalized spacial score (nSPS) is 21.2. The number of anilines is 1. The molecule has 1 atom stereocenters. The van der Waals surface area contributed by atoms with Crippen LogP contribution in [0.5, 0.6) is 0 Å². The highest BCUT2D eigenvalue weighted by atomic mass is 16.3. The van der Waals surface area contributed by atoms with E-state index in [2.05, 4.69) is 10.6 Å². The molecule has 6 amide bonds. The lowest BCUT2D eigenvalue weighted by molar-refractivity contribution is -0.138. The quantitative estimate of drug-likeness (QED) is 0.507. The summed E-state index contributed by atoms with van der Waals surface area (Å²) in [6, 6.07) is 3.13. The molecule has 1 fully saturated rings. The summed E-state index contributed by atoms with van der Waals surface area (Å²) in [7, 11) is 0. The van der Waals surface area contributed by atoms with Gasteiger partial charge in [-0.3, -0.25) is 43.9 Å². The zero-order valence-electron chi connectivity index (χ0n) is 15.5. The molecule has 154 valence electrons. The number of aliphatic hydroxyl groups excluding tert-OH is 1. The molecule has 11 nitrogen and oxygen atoms in total. The van der Waals surface area contributed by atoms with Gasteiger partial charge in [-0.2, -0.15) is 0 Å². The first kappa shape index (κ1) is 19.5. The van der Waals surface area contributed by atoms with Crippen LogP contribution in [-0.4, -0.2) is 69.5 Å². The Bertz CT molecular complexity index is 1060. The van der Waals surface area contributed by atoms with E-state index in [-0.39, 0.29) is 42.8 Å². The molecule has 3 N–H and O–H groups in total. The van der Waals surface area contributed by atoms with E-state index in [1.165, 1.54) is 18.2 Å². The molecule has 30 heavy (non-hydrogen) atoms. The summed E-state index contributed by atoms with van der Waals surface area (Å²) in [4.78, 5) is 74.7. The van der Waals surface area contributed by atoms with Gasteiger partial charge in [-0.1, -0.05) is 0 Å². The van der Waals surface area contributed by atoms with E-state index < -0.39 is 41.5 Å². The summed E-state index contributed by atoms with van der Waals surface area (Å²) in [6.07, 6.45) is 1.14. The molecule has 1 aromatic rings. The second kappa shape index (κ2) is 7.19. The minimum atomic E-state index is -1.07. The van der Waals surface area contributed by atoms with Crippen LogP contribution in [0.2, 0.25) is 0 Å². The van der Waals surface area contributed by atoms with Crippen LogP contribution >= 0.6 is 0 Å². The summed E-state index contributed by atoms with van der Waals surface area (Å²) in [5, 5.41) is 13.8. The maximum Gasteiger partial charge on any atom is 0.277 e. The maximum atomic E-state index is 12.8. The summed E-state index contributed by atoms with van der Waals surface area (Å²) < 4.78 is 0. The maximum absolute atomic E-state index is 12.8. The zero-order valence-corrected chi connectivity index (χ0v) is 15.5. The van der Waals surface area contributed by atoms with Crippen molar-refractivity contribution in [2.75, 3.05) is 18.5 Å². The van der Waals surface area contributed by atoms with Crippen molar-refractivity contribution in [1.29, 1.82) is 0 Å². The molecule has 1 aromatic carbocycles. The lowest BCUT2D eigenvalue weighted by Gasteiger charge is -2.27. The lowest BCUT2D eigenvalue weighted by Crippen LogP contribution is -2.54. The van der Waals surface area contributed by atoms with Crippen molar-refractivity contribution in [2.45, 2.75) is 18.9 Å². The summed E-state index contributed by atoms with van der Waals surface area (Å²) in [5.41, 5.74) is 0.393. The van der Waals surface area contributed by atoms with Crippen molar-refractivity contribution in [1.82, 2.24) is 15.1 Å². The van der Waals surface area contributed by atoms with Crippen molar-refractivity contribution < 1.29 is 33.9 Å². The minimum Gasteiger partial charge on any atom is -0.395 e. The van der Waals surface area contributed by atoms with Gasteiger partial charge in [0.15, 0.2) is 0 Å². The number of benzene rings is 1. The molecule has 0 bridgehead atoms. The number of fused-ring (bicyclic) bond motifs is 1. The van der Waals surface area contributed by atoms with Gasteiger partial charge in [-0.15, -0.1) is 0 Å². The van der Waals surface area contributed by atoms with E-state index in [4.69, 9.17) is 5.11 Å². The van der Waals surface area contributed by atoms with Crippen LogP contribution in [-0.2, 0) is 19.2 Å². The van der Waals surface area contributed by atoms with E-state index in [0.717, 1.165) is 15.9 Å². The third-order valence-corrected chi connectivity index (χ3v) is 5.05. The third kappa shape index (κ3) is 3.05. The van der Waals surface area contributed by atoms with Crippen LogP contribution in [0.15, 0.2) is 30.0 Å². The van der Waals surface area contributed by atoms with Gasteiger partial charge < -0.3 is 10.4 Å². The Morgan fingerprint density at radius 1 is 1.03 bits per heavy atom. The number of piperidine rings is 1. The van der Waals surface area contributed by atoms with E-state index in [9.17, 15) is 28.8 Å². The number of hydrogen-bond donors (Lipinski definition) is 3. The van der Waals surface area contributed by atoms with Crippen molar-refractivity contribution in [2.24, 2.45) is 0 Å². The topological polar surface area (TPSA) is 153 Å². The fraction of sp³-hybridized carbons (Fsp3) is 0.263. The van der Waals surface area contributed by atoms with Crippen LogP contribution in [0.25, 0.3) is 0 Å². The molecule has 3 heterocycles. The number of carbonyl (C=O) groups excluding carboxylic acids is 6. The van der Waals surface area contributed by atoms with Crippen molar-refractivity contribution in [3.63, 3.8) is 0 Å². The zero-order chi connectivity index (χ0) is 21.6. The van der Waals surface area contributed by atoms with Crippen molar-refractivity contribution >= 4 is 41.1 Å². The van der Waals surface area contributed by atoms with E-state index in [1.807, 2.05) is 0 Å². The van der Waals surface area contributed by atoms with Gasteiger partial charge in [0.2, 0.25) is 11.8 Å². The number of carbonyl (C=O) groups is 6. The van der Waals surface area contributed by atoms with Gasteiger partial charge in [-0.05, 0) is 24.6 Å². The molecular weight excluding hydrogens is 396 g/mol. The Labute approximate surface area is 169 Å². The number of aliphatic hydroxyl groups is 1. The molecule has 1 saturated heterocycles. The predicted octanol–water partition coefficient (Wildman–Crippen LogP) is -1.26. The van der Waals surface area contributed by atoms with Gasteiger partial charge in [-0.25, -0.2) is 0 Å². The smallest absolute Gasteiger partial charge is 0.277 e. The molecule has 0 spiro atoms. The molecule has 11 heteroatoms. The van der Waals surface area contributed by atoms with Crippen molar-refractivity contribution in [3.05, 3.63) is 41.1 Å².